The largest absolute Gasteiger partial charge is 0.479 e. The third-order valence-corrected chi connectivity index (χ3v) is 9.25. The third kappa shape index (κ3) is 6.80. The first-order chi connectivity index (χ1) is 20.0. The fourth-order valence-electron chi connectivity index (χ4n) is 4.20. The van der Waals surface area contributed by atoms with E-state index in [4.69, 9.17) is 27.1 Å². The summed E-state index contributed by atoms with van der Waals surface area (Å²) in [6, 6.07) is -1.07. The van der Waals surface area contributed by atoms with Crippen LogP contribution in [0.15, 0.2) is 38.7 Å². The van der Waals surface area contributed by atoms with E-state index in [1.54, 1.807) is 6.08 Å². The summed E-state index contributed by atoms with van der Waals surface area (Å²) >= 11 is 3.60. The number of nitrogen functional groups attached to an aromatic ring is 1. The van der Waals surface area contributed by atoms with E-state index in [1.807, 2.05) is 4.90 Å². The van der Waals surface area contributed by atoms with E-state index in [9.17, 15) is 24.3 Å². The van der Waals surface area contributed by atoms with Crippen LogP contribution in [0.5, 0.6) is 0 Å². The highest BCUT2D eigenvalue weighted by Crippen LogP contribution is 2.41. The summed E-state index contributed by atoms with van der Waals surface area (Å²) < 4.78 is 0. The molecule has 0 aliphatic carbocycles. The normalized spacial score (nSPS) is 22.2. The fourth-order valence-corrected chi connectivity index (χ4v) is 7.32. The Morgan fingerprint density at radius 1 is 1.31 bits per heavy atom. The van der Waals surface area contributed by atoms with Crippen molar-refractivity contribution in [2.75, 3.05) is 30.4 Å². The number of β-lactam (4-membered cyclic amide) rings is 1. The maximum atomic E-state index is 13.2. The van der Waals surface area contributed by atoms with Gasteiger partial charge >= 0.3 is 11.9 Å². The molecule has 0 bridgehead atoms. The van der Waals surface area contributed by atoms with Gasteiger partial charge < -0.3 is 42.5 Å². The molecule has 2 unspecified atom stereocenters. The molecule has 1 aromatic heterocycles. The van der Waals surface area contributed by atoms with Crippen LogP contribution in [0.4, 0.5) is 5.13 Å². The number of carboxylic acid groups (broad SMARTS) is 2. The smallest absolute Gasteiger partial charge is 0.352 e. The van der Waals surface area contributed by atoms with Crippen molar-refractivity contribution in [3.05, 3.63) is 34.2 Å². The summed E-state index contributed by atoms with van der Waals surface area (Å²) in [5.74, 6) is -3.30. The number of aliphatic carboxylic acids is 2. The minimum Gasteiger partial charge on any atom is -0.479 e. The number of oxime groups is 1. The first kappa shape index (κ1) is 31.1. The predicted molar refractivity (Wildman–Crippen MR) is 158 cm³/mol. The highest BCUT2D eigenvalue weighted by Gasteiger charge is 2.54. The van der Waals surface area contributed by atoms with Crippen LogP contribution in [0.2, 0.25) is 0 Å². The minimum absolute atomic E-state index is 0.0274. The number of rotatable bonds is 12. The molecule has 3 aliphatic rings. The summed E-state index contributed by atoms with van der Waals surface area (Å²) in [5.41, 5.74) is 17.8. The van der Waals surface area contributed by atoms with Crippen LogP contribution >= 0.6 is 34.9 Å². The van der Waals surface area contributed by atoms with E-state index >= 15 is 0 Å². The predicted octanol–water partition coefficient (Wildman–Crippen LogP) is -0.441. The van der Waals surface area contributed by atoms with Crippen LogP contribution in [0, 0.1) is 0 Å². The van der Waals surface area contributed by atoms with E-state index in [-0.39, 0.29) is 39.6 Å². The number of amides is 2. The molecule has 0 spiro atoms. The highest BCUT2D eigenvalue weighted by atomic mass is 32.2. The molecule has 4 rings (SSSR count). The molecule has 0 aromatic carbocycles. The van der Waals surface area contributed by atoms with Gasteiger partial charge in [0.1, 0.15) is 34.8 Å². The van der Waals surface area contributed by atoms with Gasteiger partial charge in [0.25, 0.3) is 11.8 Å². The molecule has 3 atom stereocenters. The number of carbonyl (C=O) groups excluding carboxylic acids is 2. The van der Waals surface area contributed by atoms with Gasteiger partial charge in [0.05, 0.1) is 0 Å². The third-order valence-electron chi connectivity index (χ3n) is 6.16. The number of carbonyl (C=O) groups is 4. The molecule has 9 N–H and O–H groups in total. The van der Waals surface area contributed by atoms with E-state index in [0.29, 0.717) is 17.3 Å². The molecule has 226 valence electrons. The molecule has 42 heavy (non-hydrogen) atoms. The molecule has 4 heterocycles. The zero-order chi connectivity index (χ0) is 30.6. The van der Waals surface area contributed by atoms with Gasteiger partial charge in [0.15, 0.2) is 16.0 Å². The fraction of sp³-hybridized carbons (Fsp3) is 0.435. The number of nitrogens with two attached hydrogens (primary N) is 3. The van der Waals surface area contributed by atoms with Crippen LogP contribution in [0.25, 0.3) is 0 Å². The Morgan fingerprint density at radius 2 is 2.07 bits per heavy atom. The van der Waals surface area contributed by atoms with E-state index in [0.717, 1.165) is 29.1 Å². The average Bonchev–Trinajstić information content (AvgIpc) is 3.36. The van der Waals surface area contributed by atoms with Crippen molar-refractivity contribution in [1.82, 2.24) is 20.1 Å². The molecular formula is C23H29N9O7S3. The van der Waals surface area contributed by atoms with Crippen LogP contribution in [0.1, 0.15) is 25.5 Å². The zero-order valence-electron chi connectivity index (χ0n) is 22.3. The van der Waals surface area contributed by atoms with Crippen LogP contribution in [0.3, 0.4) is 0 Å². The second kappa shape index (κ2) is 13.4. The van der Waals surface area contributed by atoms with Gasteiger partial charge in [-0.25, -0.2) is 19.6 Å². The van der Waals surface area contributed by atoms with Crippen LogP contribution in [-0.4, -0.2) is 102 Å². The number of thioether (sulfide) groups is 2. The van der Waals surface area contributed by atoms with Gasteiger partial charge in [0.2, 0.25) is 6.61 Å². The van der Waals surface area contributed by atoms with Crippen molar-refractivity contribution in [3.63, 3.8) is 0 Å². The number of unbranched alkanes of at least 4 members (excludes halogenated alkanes) is 1. The number of thiazole rings is 1. The SMILES string of the molecule is CCCCN1C(SCC2=C(C(=O)O)N3C(=O)C(NC(=O)/C(=N\OCC(=O)O)c4csc(N)n4)[C@@H]3SC2)=NC(N)=CC1N. The Kier molecular flexibility index (Phi) is 9.97. The van der Waals surface area contributed by atoms with Crippen molar-refractivity contribution in [1.29, 1.82) is 0 Å². The Labute approximate surface area is 252 Å². The summed E-state index contributed by atoms with van der Waals surface area (Å²) in [7, 11) is 0. The number of hydrogen-bond donors (Lipinski definition) is 6. The average molecular weight is 640 g/mol. The molecule has 16 nitrogen and oxygen atoms in total. The molecule has 2 amide bonds. The van der Waals surface area contributed by atoms with Gasteiger partial charge in [-0.15, -0.1) is 23.1 Å². The molecular weight excluding hydrogens is 611 g/mol. The summed E-state index contributed by atoms with van der Waals surface area (Å²) in [6.45, 7) is 1.90. The lowest BCUT2D eigenvalue weighted by atomic mass is 10.0. The topological polar surface area (TPSA) is 252 Å². The second-order valence-corrected chi connectivity index (χ2v) is 12.0. The number of hydrogen-bond acceptors (Lipinski definition) is 15. The Hall–Kier alpha value is -3.81. The lowest BCUT2D eigenvalue weighted by molar-refractivity contribution is -0.150. The molecule has 1 fully saturated rings. The monoisotopic (exact) mass is 639 g/mol. The Bertz CT molecular complexity index is 1390. The molecule has 3 aliphatic heterocycles. The lowest BCUT2D eigenvalue weighted by Gasteiger charge is -2.49. The molecule has 1 aromatic rings. The maximum absolute atomic E-state index is 13.2. The van der Waals surface area contributed by atoms with Crippen molar-refractivity contribution in [2.45, 2.75) is 37.3 Å². The number of carboxylic acids is 2. The maximum Gasteiger partial charge on any atom is 0.352 e. The molecule has 19 heteroatoms. The van der Waals surface area contributed by atoms with Crippen molar-refractivity contribution >= 4 is 74.6 Å². The number of aromatic nitrogens is 1. The quantitative estimate of drug-likeness (QED) is 0.0963. The standard InChI is InChI=1S/C23H29N9O7S3/c1-2-3-4-31-13(25)5-12(24)28-23(31)42-8-10-7-40-20-16(19(36)32(20)17(10)21(37)38)29-18(35)15(30-39-6-14(33)34)11-9-41-22(26)27-11/h5,9,13,16,20H,2-4,6-8,24-25H2,1H3,(H2,26,27)(H,29,35)(H,33,34)(H,37,38)/b30-15-/t13?,16?,20-/m0/s1. The van der Waals surface area contributed by atoms with Gasteiger partial charge in [-0.2, -0.15) is 0 Å². The number of nitrogens with one attached hydrogen (secondary N) is 1. The first-order valence-electron chi connectivity index (χ1n) is 12.6. The van der Waals surface area contributed by atoms with E-state index in [1.165, 1.54) is 28.9 Å². The summed E-state index contributed by atoms with van der Waals surface area (Å²) in [4.78, 5) is 65.5. The summed E-state index contributed by atoms with van der Waals surface area (Å²) in [5, 5.41) is 26.4. The van der Waals surface area contributed by atoms with E-state index in [2.05, 4.69) is 27.4 Å². The van der Waals surface area contributed by atoms with Gasteiger partial charge in [0, 0.05) is 23.4 Å². The van der Waals surface area contributed by atoms with Gasteiger partial charge in [-0.05, 0) is 18.1 Å². The highest BCUT2D eigenvalue weighted by molar-refractivity contribution is 8.14. The Morgan fingerprint density at radius 3 is 2.71 bits per heavy atom. The number of anilines is 1. The molecule has 1 saturated heterocycles. The molecule has 0 saturated carbocycles. The number of fused-ring (bicyclic) bond motifs is 1. The van der Waals surface area contributed by atoms with E-state index < -0.39 is 47.9 Å². The number of nitrogens with zero attached hydrogens (tertiary/aromatic N) is 5. The zero-order valence-corrected chi connectivity index (χ0v) is 24.7. The Balaban J connectivity index is 1.48. The minimum atomic E-state index is -1.31. The summed E-state index contributed by atoms with van der Waals surface area (Å²) in [6.07, 6.45) is 3.01. The lowest BCUT2D eigenvalue weighted by Crippen LogP contribution is -2.71. The number of amidine groups is 1. The van der Waals surface area contributed by atoms with Crippen LogP contribution < -0.4 is 22.5 Å². The van der Waals surface area contributed by atoms with Crippen molar-refractivity contribution in [3.8, 4) is 0 Å². The van der Waals surface area contributed by atoms with Crippen molar-refractivity contribution < 1.29 is 34.2 Å². The van der Waals surface area contributed by atoms with Gasteiger partial charge in [-0.3, -0.25) is 14.5 Å². The van der Waals surface area contributed by atoms with Gasteiger partial charge in [-0.1, -0.05) is 30.3 Å². The van der Waals surface area contributed by atoms with Crippen molar-refractivity contribution in [2.24, 2.45) is 21.6 Å². The second-order valence-electron chi connectivity index (χ2n) is 9.11. The first-order valence-corrected chi connectivity index (χ1v) is 15.5. The molecule has 0 radical (unpaired) electrons. The van der Waals surface area contributed by atoms with Crippen LogP contribution in [-0.2, 0) is 24.0 Å². The number of aliphatic imine (C=N–C) groups is 1.